The van der Waals surface area contributed by atoms with Crippen LogP contribution >= 0.6 is 0 Å². The number of carbonyl (C=O) groups excluding carboxylic acids is 1. The number of aromatic nitrogens is 1. The lowest BCUT2D eigenvalue weighted by Gasteiger charge is -2.41. The maximum Gasteiger partial charge on any atom is 0.255 e. The molecule has 0 bridgehead atoms. The van der Waals surface area contributed by atoms with Crippen LogP contribution < -0.4 is 15.1 Å². The standard InChI is InChI=1S/C25H27N5O/c31-25-21-10-4-5-12-23(21)30(24(27-25)22-11-6-7-13-26-22)19-16-28-14-17-29(18-15-28)20-8-2-1-3-9-20/h1-13,24H,14-19H2,(H,27,31). The molecule has 3 heterocycles. The molecule has 5 rings (SSSR count). The number of hydrogen-bond acceptors (Lipinski definition) is 5. The van der Waals surface area contributed by atoms with Gasteiger partial charge in [0.25, 0.3) is 5.91 Å². The van der Waals surface area contributed by atoms with Crippen LogP contribution in [0.15, 0.2) is 79.0 Å². The molecule has 1 amide bonds. The van der Waals surface area contributed by atoms with E-state index in [0.29, 0.717) is 0 Å². The number of nitrogens with one attached hydrogen (secondary N) is 1. The van der Waals surface area contributed by atoms with Crippen LogP contribution in [0.1, 0.15) is 22.2 Å². The summed E-state index contributed by atoms with van der Waals surface area (Å²) < 4.78 is 0. The van der Waals surface area contributed by atoms with Crippen molar-refractivity contribution in [2.45, 2.75) is 6.17 Å². The van der Waals surface area contributed by atoms with Crippen LogP contribution in [0, 0.1) is 0 Å². The van der Waals surface area contributed by atoms with Crippen molar-refractivity contribution >= 4 is 17.3 Å². The van der Waals surface area contributed by atoms with Gasteiger partial charge in [-0.2, -0.15) is 0 Å². The summed E-state index contributed by atoms with van der Waals surface area (Å²) in [7, 11) is 0. The van der Waals surface area contributed by atoms with Crippen molar-refractivity contribution in [3.63, 3.8) is 0 Å². The van der Waals surface area contributed by atoms with Crippen LogP contribution in [0.25, 0.3) is 0 Å². The molecule has 2 aliphatic rings. The Labute approximate surface area is 183 Å². The smallest absolute Gasteiger partial charge is 0.255 e. The first kappa shape index (κ1) is 19.6. The molecule has 1 saturated heterocycles. The van der Waals surface area contributed by atoms with Crippen LogP contribution in [-0.4, -0.2) is 55.1 Å². The van der Waals surface area contributed by atoms with Crippen LogP contribution in [0.5, 0.6) is 0 Å². The van der Waals surface area contributed by atoms with Crippen LogP contribution in [0.2, 0.25) is 0 Å². The Bertz CT molecular complexity index is 1020. The van der Waals surface area contributed by atoms with Gasteiger partial charge in [0, 0.05) is 51.2 Å². The van der Waals surface area contributed by atoms with Crippen molar-refractivity contribution in [3.05, 3.63) is 90.3 Å². The van der Waals surface area contributed by atoms with Gasteiger partial charge in [0.1, 0.15) is 6.17 Å². The van der Waals surface area contributed by atoms with Gasteiger partial charge in [-0.25, -0.2) is 0 Å². The molecular weight excluding hydrogens is 386 g/mol. The van der Waals surface area contributed by atoms with Gasteiger partial charge in [-0.05, 0) is 36.4 Å². The maximum atomic E-state index is 12.7. The van der Waals surface area contributed by atoms with Gasteiger partial charge in [0.15, 0.2) is 0 Å². The molecule has 2 aromatic carbocycles. The zero-order chi connectivity index (χ0) is 21.0. The van der Waals surface area contributed by atoms with E-state index in [1.165, 1.54) is 5.69 Å². The number of rotatable bonds is 5. The molecule has 0 radical (unpaired) electrons. The van der Waals surface area contributed by atoms with Crippen LogP contribution in [-0.2, 0) is 0 Å². The highest BCUT2D eigenvalue weighted by Gasteiger charge is 2.32. The zero-order valence-corrected chi connectivity index (χ0v) is 17.5. The van der Waals surface area contributed by atoms with Crippen molar-refractivity contribution in [2.24, 2.45) is 0 Å². The number of benzene rings is 2. The summed E-state index contributed by atoms with van der Waals surface area (Å²) in [5.74, 6) is -0.0426. The first-order valence-corrected chi connectivity index (χ1v) is 10.9. The van der Waals surface area contributed by atoms with Crippen molar-refractivity contribution in [2.75, 3.05) is 49.1 Å². The molecule has 1 N–H and O–H groups in total. The van der Waals surface area contributed by atoms with Gasteiger partial charge in [0.2, 0.25) is 0 Å². The van der Waals surface area contributed by atoms with Gasteiger partial charge < -0.3 is 15.1 Å². The largest absolute Gasteiger partial charge is 0.369 e. The third-order valence-corrected chi connectivity index (χ3v) is 6.16. The lowest BCUT2D eigenvalue weighted by atomic mass is 10.1. The SMILES string of the molecule is O=C1NC(c2ccccn2)N(CCN2CCN(c3ccccc3)CC2)c2ccccc21. The second-order valence-corrected chi connectivity index (χ2v) is 8.01. The molecule has 6 heteroatoms. The fraction of sp³-hybridized carbons (Fsp3) is 0.280. The summed E-state index contributed by atoms with van der Waals surface area (Å²) in [6.45, 7) is 5.89. The van der Waals surface area contributed by atoms with E-state index in [9.17, 15) is 4.79 Å². The predicted octanol–water partition coefficient (Wildman–Crippen LogP) is 3.15. The van der Waals surface area contributed by atoms with E-state index in [-0.39, 0.29) is 12.1 Å². The Kier molecular flexibility index (Phi) is 5.54. The summed E-state index contributed by atoms with van der Waals surface area (Å²) in [5, 5.41) is 3.15. The number of carbonyl (C=O) groups is 1. The molecule has 0 saturated carbocycles. The summed E-state index contributed by atoms with van der Waals surface area (Å²) in [6, 6.07) is 24.3. The Morgan fingerprint density at radius 2 is 1.58 bits per heavy atom. The molecule has 31 heavy (non-hydrogen) atoms. The lowest BCUT2D eigenvalue weighted by molar-refractivity contribution is 0.0924. The molecule has 2 aliphatic heterocycles. The summed E-state index contributed by atoms with van der Waals surface area (Å²) in [4.78, 5) is 24.5. The average molecular weight is 414 g/mol. The summed E-state index contributed by atoms with van der Waals surface area (Å²) >= 11 is 0. The van der Waals surface area contributed by atoms with Gasteiger partial charge >= 0.3 is 0 Å². The average Bonchev–Trinajstić information content (AvgIpc) is 2.85. The third-order valence-electron chi connectivity index (χ3n) is 6.16. The minimum Gasteiger partial charge on any atom is -0.369 e. The minimum atomic E-state index is -0.255. The highest BCUT2D eigenvalue weighted by molar-refractivity contribution is 6.02. The van der Waals surface area contributed by atoms with E-state index in [4.69, 9.17) is 0 Å². The number of nitrogens with zero attached hydrogens (tertiary/aromatic N) is 4. The van der Waals surface area contributed by atoms with E-state index in [0.717, 1.165) is 56.2 Å². The van der Waals surface area contributed by atoms with E-state index < -0.39 is 0 Å². The molecule has 1 aromatic heterocycles. The number of pyridine rings is 1. The van der Waals surface area contributed by atoms with Crippen molar-refractivity contribution in [3.8, 4) is 0 Å². The fourth-order valence-electron chi connectivity index (χ4n) is 4.47. The molecule has 6 nitrogen and oxygen atoms in total. The Hall–Kier alpha value is -3.38. The van der Waals surface area contributed by atoms with E-state index >= 15 is 0 Å². The first-order valence-electron chi connectivity index (χ1n) is 10.9. The van der Waals surface area contributed by atoms with Gasteiger partial charge in [-0.15, -0.1) is 0 Å². The fourth-order valence-corrected chi connectivity index (χ4v) is 4.47. The van der Waals surface area contributed by atoms with Crippen LogP contribution in [0.4, 0.5) is 11.4 Å². The molecule has 3 aromatic rings. The molecule has 0 aliphatic carbocycles. The summed E-state index contributed by atoms with van der Waals surface area (Å²) in [5.41, 5.74) is 3.86. The lowest BCUT2D eigenvalue weighted by Crippen LogP contribution is -2.52. The normalized spacial score (nSPS) is 19.1. The van der Waals surface area contributed by atoms with E-state index in [1.807, 2.05) is 42.5 Å². The molecule has 1 unspecified atom stereocenters. The van der Waals surface area contributed by atoms with E-state index in [2.05, 4.69) is 55.3 Å². The molecule has 158 valence electrons. The second kappa shape index (κ2) is 8.78. The van der Waals surface area contributed by atoms with Gasteiger partial charge in [-0.1, -0.05) is 36.4 Å². The highest BCUT2D eigenvalue weighted by Crippen LogP contribution is 2.32. The van der Waals surface area contributed by atoms with E-state index in [1.54, 1.807) is 6.20 Å². The Morgan fingerprint density at radius 1 is 0.839 bits per heavy atom. The Morgan fingerprint density at radius 3 is 2.35 bits per heavy atom. The number of hydrogen-bond donors (Lipinski definition) is 1. The first-order chi connectivity index (χ1) is 15.3. The number of fused-ring (bicyclic) bond motifs is 1. The quantitative estimate of drug-likeness (QED) is 0.696. The molecule has 0 spiro atoms. The topological polar surface area (TPSA) is 51.7 Å². The summed E-state index contributed by atoms with van der Waals surface area (Å²) in [6.07, 6.45) is 1.53. The third kappa shape index (κ3) is 4.11. The van der Waals surface area contributed by atoms with Crippen LogP contribution in [0.3, 0.4) is 0 Å². The molecule has 1 fully saturated rings. The number of anilines is 2. The minimum absolute atomic E-state index is 0.0426. The molecule has 1 atom stereocenters. The maximum absolute atomic E-state index is 12.7. The number of piperazine rings is 1. The molecular formula is C25H27N5O. The number of amides is 1. The zero-order valence-electron chi connectivity index (χ0n) is 17.5. The van der Waals surface area contributed by atoms with Gasteiger partial charge in [0.05, 0.1) is 16.9 Å². The van der Waals surface area contributed by atoms with Crippen molar-refractivity contribution < 1.29 is 4.79 Å². The van der Waals surface area contributed by atoms with Crippen molar-refractivity contribution in [1.82, 2.24) is 15.2 Å². The monoisotopic (exact) mass is 413 g/mol. The number of para-hydroxylation sites is 2. The Balaban J connectivity index is 1.30. The van der Waals surface area contributed by atoms with Crippen molar-refractivity contribution in [1.29, 1.82) is 0 Å². The highest BCUT2D eigenvalue weighted by atomic mass is 16.2. The second-order valence-electron chi connectivity index (χ2n) is 8.01. The predicted molar refractivity (Wildman–Crippen MR) is 123 cm³/mol. The van der Waals surface area contributed by atoms with Gasteiger partial charge in [-0.3, -0.25) is 14.7 Å².